The third-order valence-electron chi connectivity index (χ3n) is 3.66. The topological polar surface area (TPSA) is 21.3 Å². The molecule has 0 spiro atoms. The largest absolute Gasteiger partial charge is 0.496 e. The van der Waals surface area contributed by atoms with Crippen molar-refractivity contribution in [2.24, 2.45) is 0 Å². The van der Waals surface area contributed by atoms with Gasteiger partial charge in [0.05, 0.1) is 7.11 Å². The van der Waals surface area contributed by atoms with E-state index < -0.39 is 0 Å². The van der Waals surface area contributed by atoms with Crippen molar-refractivity contribution in [3.05, 3.63) is 53.1 Å². The van der Waals surface area contributed by atoms with Crippen molar-refractivity contribution >= 4 is 11.8 Å². The van der Waals surface area contributed by atoms with Gasteiger partial charge in [-0.2, -0.15) is 0 Å². The first kappa shape index (κ1) is 15.9. The van der Waals surface area contributed by atoms with Gasteiger partial charge in [-0.1, -0.05) is 35.5 Å². The quantitative estimate of drug-likeness (QED) is 0.861. The number of methoxy groups -OCH3 is 1. The fraction of sp³-hybridized carbons (Fsp3) is 0.333. The number of hydrogen-bond donors (Lipinski definition) is 1. The van der Waals surface area contributed by atoms with Crippen LogP contribution in [0.15, 0.2) is 46.2 Å². The van der Waals surface area contributed by atoms with Gasteiger partial charge in [-0.05, 0) is 51.6 Å². The van der Waals surface area contributed by atoms with Gasteiger partial charge >= 0.3 is 0 Å². The SMILES string of the molecule is CNC(C)c1c(OC)cccc1Sc1ccc(C)cc1C. The van der Waals surface area contributed by atoms with Crippen molar-refractivity contribution in [2.75, 3.05) is 14.2 Å². The van der Waals surface area contributed by atoms with Crippen LogP contribution in [-0.4, -0.2) is 14.2 Å². The molecule has 1 atom stereocenters. The molecule has 0 fully saturated rings. The minimum atomic E-state index is 0.245. The van der Waals surface area contributed by atoms with Crippen molar-refractivity contribution < 1.29 is 4.74 Å². The van der Waals surface area contributed by atoms with E-state index in [-0.39, 0.29) is 6.04 Å². The Morgan fingerprint density at radius 1 is 1.10 bits per heavy atom. The summed E-state index contributed by atoms with van der Waals surface area (Å²) < 4.78 is 5.54. The number of hydrogen-bond acceptors (Lipinski definition) is 3. The molecule has 0 aliphatic carbocycles. The van der Waals surface area contributed by atoms with E-state index in [1.165, 1.54) is 26.5 Å². The Hall–Kier alpha value is -1.45. The van der Waals surface area contributed by atoms with Crippen LogP contribution in [0.4, 0.5) is 0 Å². The van der Waals surface area contributed by atoms with Crippen LogP contribution in [0.5, 0.6) is 5.75 Å². The summed E-state index contributed by atoms with van der Waals surface area (Å²) in [7, 11) is 3.70. The number of benzene rings is 2. The van der Waals surface area contributed by atoms with E-state index >= 15 is 0 Å². The first-order chi connectivity index (χ1) is 10.1. The monoisotopic (exact) mass is 301 g/mol. The van der Waals surface area contributed by atoms with E-state index in [4.69, 9.17) is 4.74 Å². The van der Waals surface area contributed by atoms with E-state index in [0.717, 1.165) is 5.75 Å². The number of aryl methyl sites for hydroxylation is 2. The highest BCUT2D eigenvalue weighted by Crippen LogP contribution is 2.39. The van der Waals surface area contributed by atoms with Crippen molar-refractivity contribution in [1.82, 2.24) is 5.32 Å². The van der Waals surface area contributed by atoms with E-state index in [9.17, 15) is 0 Å². The van der Waals surface area contributed by atoms with E-state index in [1.807, 2.05) is 13.1 Å². The molecule has 2 aromatic rings. The third-order valence-corrected chi connectivity index (χ3v) is 4.92. The molecule has 112 valence electrons. The Balaban J connectivity index is 2.43. The lowest BCUT2D eigenvalue weighted by molar-refractivity contribution is 0.401. The lowest BCUT2D eigenvalue weighted by atomic mass is 10.1. The molecule has 2 rings (SSSR count). The molecular weight excluding hydrogens is 278 g/mol. The molecule has 0 bridgehead atoms. The standard InChI is InChI=1S/C18H23NOS/c1-12-9-10-16(13(2)11-12)21-17-8-6-7-15(20-5)18(17)14(3)19-4/h6-11,14,19H,1-5H3. The Morgan fingerprint density at radius 2 is 1.86 bits per heavy atom. The van der Waals surface area contributed by atoms with Gasteiger partial charge in [0.1, 0.15) is 5.75 Å². The molecule has 0 aliphatic heterocycles. The van der Waals surface area contributed by atoms with Crippen LogP contribution < -0.4 is 10.1 Å². The molecular formula is C18H23NOS. The van der Waals surface area contributed by atoms with Gasteiger partial charge in [0.15, 0.2) is 0 Å². The summed E-state index contributed by atoms with van der Waals surface area (Å²) in [6.07, 6.45) is 0. The second kappa shape index (κ2) is 7.01. The van der Waals surface area contributed by atoms with Gasteiger partial charge in [-0.3, -0.25) is 0 Å². The van der Waals surface area contributed by atoms with Crippen LogP contribution >= 0.6 is 11.8 Å². The maximum Gasteiger partial charge on any atom is 0.124 e. The van der Waals surface area contributed by atoms with Crippen molar-refractivity contribution in [1.29, 1.82) is 0 Å². The van der Waals surface area contributed by atoms with Gasteiger partial charge in [-0.25, -0.2) is 0 Å². The molecule has 0 saturated heterocycles. The van der Waals surface area contributed by atoms with Crippen molar-refractivity contribution in [3.63, 3.8) is 0 Å². The average Bonchev–Trinajstić information content (AvgIpc) is 2.49. The summed E-state index contributed by atoms with van der Waals surface area (Å²) in [6.45, 7) is 6.45. The molecule has 2 nitrogen and oxygen atoms in total. The first-order valence-corrected chi connectivity index (χ1v) is 7.97. The maximum absolute atomic E-state index is 5.54. The highest BCUT2D eigenvalue weighted by molar-refractivity contribution is 7.99. The molecule has 0 aromatic heterocycles. The Kier molecular flexibility index (Phi) is 5.32. The zero-order valence-electron chi connectivity index (χ0n) is 13.4. The lowest BCUT2D eigenvalue weighted by Gasteiger charge is -2.19. The molecule has 3 heteroatoms. The molecule has 0 amide bonds. The summed E-state index contributed by atoms with van der Waals surface area (Å²) in [5.41, 5.74) is 3.82. The molecule has 0 radical (unpaired) electrons. The van der Waals surface area contributed by atoms with Gasteiger partial charge < -0.3 is 10.1 Å². The summed E-state index contributed by atoms with van der Waals surface area (Å²) >= 11 is 1.80. The number of nitrogens with one attached hydrogen (secondary N) is 1. The highest BCUT2D eigenvalue weighted by atomic mass is 32.2. The Morgan fingerprint density at radius 3 is 2.48 bits per heavy atom. The van der Waals surface area contributed by atoms with Crippen LogP contribution in [-0.2, 0) is 0 Å². The Bertz CT molecular complexity index is 625. The molecule has 0 heterocycles. The van der Waals surface area contributed by atoms with Gasteiger partial charge in [-0.15, -0.1) is 0 Å². The van der Waals surface area contributed by atoms with E-state index in [0.29, 0.717) is 0 Å². The van der Waals surface area contributed by atoms with Gasteiger partial charge in [0.25, 0.3) is 0 Å². The van der Waals surface area contributed by atoms with Crippen LogP contribution in [0.3, 0.4) is 0 Å². The summed E-state index contributed by atoms with van der Waals surface area (Å²) in [4.78, 5) is 2.53. The van der Waals surface area contributed by atoms with E-state index in [2.05, 4.69) is 56.4 Å². The minimum Gasteiger partial charge on any atom is -0.496 e. The number of rotatable bonds is 5. The van der Waals surface area contributed by atoms with Crippen LogP contribution in [0.2, 0.25) is 0 Å². The average molecular weight is 301 g/mol. The number of ether oxygens (including phenoxy) is 1. The summed E-state index contributed by atoms with van der Waals surface area (Å²) in [5, 5.41) is 3.31. The molecule has 0 saturated carbocycles. The smallest absolute Gasteiger partial charge is 0.124 e. The van der Waals surface area contributed by atoms with Gasteiger partial charge in [0, 0.05) is 21.4 Å². The van der Waals surface area contributed by atoms with Gasteiger partial charge in [0.2, 0.25) is 0 Å². The second-order valence-electron chi connectivity index (χ2n) is 5.25. The predicted octanol–water partition coefficient (Wildman–Crippen LogP) is 4.74. The highest BCUT2D eigenvalue weighted by Gasteiger charge is 2.16. The predicted molar refractivity (Wildman–Crippen MR) is 90.5 cm³/mol. The third kappa shape index (κ3) is 3.60. The van der Waals surface area contributed by atoms with Crippen LogP contribution in [0.1, 0.15) is 29.7 Å². The molecule has 1 N–H and O–H groups in total. The molecule has 2 aromatic carbocycles. The zero-order chi connectivity index (χ0) is 15.4. The van der Waals surface area contributed by atoms with Crippen LogP contribution in [0.25, 0.3) is 0 Å². The maximum atomic E-state index is 5.54. The normalized spacial score (nSPS) is 12.2. The second-order valence-corrected chi connectivity index (χ2v) is 6.34. The fourth-order valence-corrected chi connectivity index (χ4v) is 3.52. The van der Waals surface area contributed by atoms with Crippen LogP contribution in [0, 0.1) is 13.8 Å². The minimum absolute atomic E-state index is 0.245. The first-order valence-electron chi connectivity index (χ1n) is 7.16. The summed E-state index contributed by atoms with van der Waals surface area (Å²) in [5.74, 6) is 0.937. The molecule has 21 heavy (non-hydrogen) atoms. The van der Waals surface area contributed by atoms with Crippen molar-refractivity contribution in [2.45, 2.75) is 36.6 Å². The molecule has 1 unspecified atom stereocenters. The van der Waals surface area contributed by atoms with Crippen molar-refractivity contribution in [3.8, 4) is 5.75 Å². The summed E-state index contributed by atoms with van der Waals surface area (Å²) in [6, 6.07) is 13.1. The Labute approximate surface area is 131 Å². The zero-order valence-corrected chi connectivity index (χ0v) is 14.2. The fourth-order valence-electron chi connectivity index (χ4n) is 2.39. The lowest BCUT2D eigenvalue weighted by Crippen LogP contribution is -2.14. The van der Waals surface area contributed by atoms with E-state index in [1.54, 1.807) is 18.9 Å². The molecule has 0 aliphatic rings.